The van der Waals surface area contributed by atoms with Gasteiger partial charge in [0.2, 0.25) is 0 Å². The lowest BCUT2D eigenvalue weighted by Gasteiger charge is -2.14. The molecule has 1 saturated carbocycles. The van der Waals surface area contributed by atoms with E-state index in [0.29, 0.717) is 24.0 Å². The van der Waals surface area contributed by atoms with Crippen LogP contribution in [0.4, 0.5) is 0 Å². The lowest BCUT2D eigenvalue weighted by Crippen LogP contribution is -2.19. The van der Waals surface area contributed by atoms with Gasteiger partial charge in [0.1, 0.15) is 5.78 Å². The van der Waals surface area contributed by atoms with Gasteiger partial charge in [0.25, 0.3) is 0 Å². The van der Waals surface area contributed by atoms with Crippen molar-refractivity contribution in [1.29, 1.82) is 0 Å². The maximum absolute atomic E-state index is 12.5. The van der Waals surface area contributed by atoms with Gasteiger partial charge >= 0.3 is 0 Å². The monoisotopic (exact) mass is 252 g/mol. The van der Waals surface area contributed by atoms with Gasteiger partial charge < -0.3 is 0 Å². The van der Waals surface area contributed by atoms with Crippen LogP contribution in [0.3, 0.4) is 0 Å². The van der Waals surface area contributed by atoms with E-state index in [4.69, 9.17) is 0 Å². The van der Waals surface area contributed by atoms with E-state index in [2.05, 4.69) is 43.3 Å². The van der Waals surface area contributed by atoms with Crippen LogP contribution in [0.25, 0.3) is 10.8 Å². The third-order valence-electron chi connectivity index (χ3n) is 4.52. The summed E-state index contributed by atoms with van der Waals surface area (Å²) in [6.07, 6.45) is 4.11. The van der Waals surface area contributed by atoms with Gasteiger partial charge in [-0.05, 0) is 35.1 Å². The number of hydrogen-bond acceptors (Lipinski definition) is 1. The van der Waals surface area contributed by atoms with Crippen LogP contribution in [0.1, 0.15) is 31.7 Å². The largest absolute Gasteiger partial charge is 0.299 e. The summed E-state index contributed by atoms with van der Waals surface area (Å²) in [4.78, 5) is 12.5. The molecule has 1 nitrogen and oxygen atoms in total. The molecule has 0 aliphatic heterocycles. The Morgan fingerprint density at radius 1 is 1.11 bits per heavy atom. The molecular weight excluding hydrogens is 232 g/mol. The SMILES string of the molecule is CC1CCCC1C(=O)Cc1cccc2ccccc12. The predicted octanol–water partition coefficient (Wildman–Crippen LogP) is 4.39. The van der Waals surface area contributed by atoms with Crippen LogP contribution in [-0.2, 0) is 11.2 Å². The molecule has 98 valence electrons. The highest BCUT2D eigenvalue weighted by Crippen LogP contribution is 2.33. The molecule has 0 spiro atoms. The summed E-state index contributed by atoms with van der Waals surface area (Å²) >= 11 is 0. The Morgan fingerprint density at radius 2 is 1.89 bits per heavy atom. The molecule has 1 heteroatoms. The number of rotatable bonds is 3. The van der Waals surface area contributed by atoms with Crippen LogP contribution in [0.5, 0.6) is 0 Å². The summed E-state index contributed by atoms with van der Waals surface area (Å²) in [7, 11) is 0. The molecule has 0 N–H and O–H groups in total. The molecule has 2 aromatic rings. The maximum atomic E-state index is 12.5. The Labute approximate surface area is 114 Å². The smallest absolute Gasteiger partial charge is 0.140 e. The second-order valence-electron chi connectivity index (χ2n) is 5.80. The van der Waals surface area contributed by atoms with E-state index in [9.17, 15) is 4.79 Å². The van der Waals surface area contributed by atoms with E-state index in [1.165, 1.54) is 29.2 Å². The molecule has 1 fully saturated rings. The van der Waals surface area contributed by atoms with Gasteiger partial charge in [-0.2, -0.15) is 0 Å². The van der Waals surface area contributed by atoms with Crippen molar-refractivity contribution in [3.63, 3.8) is 0 Å². The van der Waals surface area contributed by atoms with E-state index in [0.717, 1.165) is 6.42 Å². The molecule has 0 saturated heterocycles. The van der Waals surface area contributed by atoms with Crippen molar-refractivity contribution in [3.05, 3.63) is 48.0 Å². The Balaban J connectivity index is 1.87. The van der Waals surface area contributed by atoms with Crippen LogP contribution < -0.4 is 0 Å². The first-order valence-electron chi connectivity index (χ1n) is 7.25. The summed E-state index contributed by atoms with van der Waals surface area (Å²) in [5.41, 5.74) is 1.18. The predicted molar refractivity (Wildman–Crippen MR) is 79.2 cm³/mol. The standard InChI is InChI=1S/C18H20O/c1-13-6-4-11-16(13)18(19)12-15-9-5-8-14-7-2-3-10-17(14)15/h2-3,5,7-10,13,16H,4,6,11-12H2,1H3. The zero-order valence-electron chi connectivity index (χ0n) is 11.4. The third kappa shape index (κ3) is 2.42. The van der Waals surface area contributed by atoms with Crippen LogP contribution in [0.2, 0.25) is 0 Å². The molecule has 19 heavy (non-hydrogen) atoms. The lowest BCUT2D eigenvalue weighted by atomic mass is 9.89. The van der Waals surface area contributed by atoms with Crippen molar-refractivity contribution < 1.29 is 4.79 Å². The number of Topliss-reactive ketones (excluding diaryl/α,β-unsaturated/α-hetero) is 1. The topological polar surface area (TPSA) is 17.1 Å². The van der Waals surface area contributed by atoms with Gasteiger partial charge in [0.05, 0.1) is 0 Å². The van der Waals surface area contributed by atoms with Crippen molar-refractivity contribution in [2.45, 2.75) is 32.6 Å². The Kier molecular flexibility index (Phi) is 3.37. The second-order valence-corrected chi connectivity index (χ2v) is 5.80. The molecule has 1 aliphatic rings. The Morgan fingerprint density at radius 3 is 2.68 bits per heavy atom. The number of carbonyl (C=O) groups is 1. The quantitative estimate of drug-likeness (QED) is 0.792. The van der Waals surface area contributed by atoms with Gasteiger partial charge in [-0.25, -0.2) is 0 Å². The first-order valence-corrected chi connectivity index (χ1v) is 7.25. The lowest BCUT2D eigenvalue weighted by molar-refractivity contribution is -0.123. The number of ketones is 1. The molecule has 0 radical (unpaired) electrons. The fourth-order valence-corrected chi connectivity index (χ4v) is 3.39. The summed E-state index contributed by atoms with van der Waals surface area (Å²) < 4.78 is 0. The maximum Gasteiger partial charge on any atom is 0.140 e. The fourth-order valence-electron chi connectivity index (χ4n) is 3.39. The van der Waals surface area contributed by atoms with Gasteiger partial charge in [0.15, 0.2) is 0 Å². The summed E-state index contributed by atoms with van der Waals surface area (Å²) in [5.74, 6) is 1.29. The van der Waals surface area contributed by atoms with E-state index in [-0.39, 0.29) is 0 Å². The minimum atomic E-state index is 0.291. The van der Waals surface area contributed by atoms with E-state index in [1.807, 2.05) is 6.07 Å². The number of fused-ring (bicyclic) bond motifs is 1. The minimum Gasteiger partial charge on any atom is -0.299 e. The molecule has 1 aliphatic carbocycles. The average molecular weight is 252 g/mol. The van der Waals surface area contributed by atoms with Gasteiger partial charge in [-0.3, -0.25) is 4.79 Å². The molecule has 0 bridgehead atoms. The van der Waals surface area contributed by atoms with Gasteiger partial charge in [-0.1, -0.05) is 55.8 Å². The van der Waals surface area contributed by atoms with Crippen LogP contribution in [0, 0.1) is 11.8 Å². The summed E-state index contributed by atoms with van der Waals surface area (Å²) in [6.45, 7) is 2.22. The zero-order chi connectivity index (χ0) is 13.2. The highest BCUT2D eigenvalue weighted by molar-refractivity contribution is 5.91. The van der Waals surface area contributed by atoms with Crippen molar-refractivity contribution >= 4 is 16.6 Å². The van der Waals surface area contributed by atoms with Crippen molar-refractivity contribution in [2.75, 3.05) is 0 Å². The van der Waals surface area contributed by atoms with E-state index >= 15 is 0 Å². The first kappa shape index (κ1) is 12.4. The summed E-state index contributed by atoms with van der Waals surface area (Å²) in [5, 5.41) is 2.45. The molecular formula is C18H20O. The molecule has 2 atom stereocenters. The molecule has 0 heterocycles. The van der Waals surface area contributed by atoms with Gasteiger partial charge in [-0.15, -0.1) is 0 Å². The number of carbonyl (C=O) groups excluding carboxylic acids is 1. The minimum absolute atomic E-state index is 0.291. The number of benzene rings is 2. The third-order valence-corrected chi connectivity index (χ3v) is 4.52. The Bertz CT molecular complexity index is 594. The van der Waals surface area contributed by atoms with E-state index in [1.54, 1.807) is 0 Å². The number of hydrogen-bond donors (Lipinski definition) is 0. The van der Waals surface area contributed by atoms with Crippen molar-refractivity contribution in [3.8, 4) is 0 Å². The van der Waals surface area contributed by atoms with Crippen LogP contribution >= 0.6 is 0 Å². The zero-order valence-corrected chi connectivity index (χ0v) is 11.4. The molecule has 0 aromatic heterocycles. The van der Waals surface area contributed by atoms with Crippen molar-refractivity contribution in [1.82, 2.24) is 0 Å². The molecule has 2 unspecified atom stereocenters. The Hall–Kier alpha value is -1.63. The molecule has 0 amide bonds. The van der Waals surface area contributed by atoms with Crippen LogP contribution in [-0.4, -0.2) is 5.78 Å². The van der Waals surface area contributed by atoms with Gasteiger partial charge in [0, 0.05) is 12.3 Å². The highest BCUT2D eigenvalue weighted by atomic mass is 16.1. The molecule has 3 rings (SSSR count). The normalized spacial score (nSPS) is 22.8. The summed E-state index contributed by atoms with van der Waals surface area (Å²) in [6, 6.07) is 14.6. The fraction of sp³-hybridized carbons (Fsp3) is 0.389. The molecule has 2 aromatic carbocycles. The van der Waals surface area contributed by atoms with Crippen LogP contribution in [0.15, 0.2) is 42.5 Å². The first-order chi connectivity index (χ1) is 9.25. The van der Waals surface area contributed by atoms with Crippen molar-refractivity contribution in [2.24, 2.45) is 11.8 Å². The second kappa shape index (κ2) is 5.16. The average Bonchev–Trinajstić information content (AvgIpc) is 2.85. The highest BCUT2D eigenvalue weighted by Gasteiger charge is 2.29. The van der Waals surface area contributed by atoms with E-state index < -0.39 is 0 Å².